The van der Waals surface area contributed by atoms with Gasteiger partial charge >= 0.3 is 6.18 Å². The van der Waals surface area contributed by atoms with Crippen LogP contribution in [0.1, 0.15) is 34.6 Å². The number of alkyl halides is 3. The maximum absolute atomic E-state index is 13.8. The Labute approximate surface area is 191 Å². The molecule has 0 radical (unpaired) electrons. The molecule has 1 amide bonds. The highest BCUT2D eigenvalue weighted by molar-refractivity contribution is 6.35. The minimum Gasteiger partial charge on any atom is -0.497 e. The van der Waals surface area contributed by atoms with E-state index in [0.29, 0.717) is 27.0 Å². The Kier molecular flexibility index (Phi) is 5.96. The summed E-state index contributed by atoms with van der Waals surface area (Å²) in [5.41, 5.74) is 0.787. The number of benzene rings is 2. The highest BCUT2D eigenvalue weighted by Gasteiger charge is 2.46. The summed E-state index contributed by atoms with van der Waals surface area (Å²) < 4.78 is 47.4. The topological polar surface area (TPSA) is 68.2 Å². The quantitative estimate of drug-likeness (QED) is 0.468. The maximum atomic E-state index is 13.8. The SMILES string of the molecule is COc1ccc([C@@H]2C[C@@H](C(F)(F)F)n3nc(C(=O)Nc4cc(Cl)cc(Cl)c4)cc3N2)cc1. The highest BCUT2D eigenvalue weighted by Crippen LogP contribution is 2.43. The summed E-state index contributed by atoms with van der Waals surface area (Å²) in [4.78, 5) is 12.6. The van der Waals surface area contributed by atoms with Gasteiger partial charge in [-0.2, -0.15) is 18.3 Å². The Morgan fingerprint density at radius 3 is 2.41 bits per heavy atom. The predicted octanol–water partition coefficient (Wildman–Crippen LogP) is 6.11. The molecule has 1 aliphatic heterocycles. The first-order valence-corrected chi connectivity index (χ1v) is 10.2. The average molecular weight is 485 g/mol. The zero-order valence-electron chi connectivity index (χ0n) is 16.6. The summed E-state index contributed by atoms with van der Waals surface area (Å²) in [5.74, 6) is 0.00433. The van der Waals surface area contributed by atoms with Gasteiger partial charge in [0.05, 0.1) is 13.2 Å². The van der Waals surface area contributed by atoms with Crippen LogP contribution >= 0.6 is 23.2 Å². The van der Waals surface area contributed by atoms with E-state index in [0.717, 1.165) is 4.68 Å². The van der Waals surface area contributed by atoms with Crippen molar-refractivity contribution in [3.05, 3.63) is 69.8 Å². The lowest BCUT2D eigenvalue weighted by Gasteiger charge is -2.33. The summed E-state index contributed by atoms with van der Waals surface area (Å²) >= 11 is 11.9. The molecule has 11 heteroatoms. The fraction of sp³-hybridized carbons (Fsp3) is 0.238. The molecule has 2 heterocycles. The van der Waals surface area contributed by atoms with E-state index in [1.807, 2.05) is 0 Å². The van der Waals surface area contributed by atoms with Crippen LogP contribution in [-0.2, 0) is 0 Å². The van der Waals surface area contributed by atoms with E-state index in [-0.39, 0.29) is 17.9 Å². The van der Waals surface area contributed by atoms with Gasteiger partial charge in [-0.3, -0.25) is 4.79 Å². The molecule has 0 aliphatic carbocycles. The molecule has 3 aromatic rings. The Bertz CT molecular complexity index is 1130. The molecule has 2 N–H and O–H groups in total. The Balaban J connectivity index is 1.63. The van der Waals surface area contributed by atoms with Gasteiger partial charge in [0.2, 0.25) is 0 Å². The Morgan fingerprint density at radius 1 is 1.16 bits per heavy atom. The third-order valence-corrected chi connectivity index (χ3v) is 5.50. The first-order valence-electron chi connectivity index (χ1n) is 9.48. The van der Waals surface area contributed by atoms with Gasteiger partial charge in [0.15, 0.2) is 11.7 Å². The molecule has 1 aromatic heterocycles. The van der Waals surface area contributed by atoms with Crippen molar-refractivity contribution in [1.29, 1.82) is 0 Å². The molecule has 2 atom stereocenters. The molecule has 2 aromatic carbocycles. The van der Waals surface area contributed by atoms with Gasteiger partial charge < -0.3 is 15.4 Å². The fourth-order valence-electron chi connectivity index (χ4n) is 3.56. The van der Waals surface area contributed by atoms with Crippen molar-refractivity contribution in [2.75, 3.05) is 17.7 Å². The highest BCUT2D eigenvalue weighted by atomic mass is 35.5. The number of amides is 1. The van der Waals surface area contributed by atoms with Crippen LogP contribution < -0.4 is 15.4 Å². The summed E-state index contributed by atoms with van der Waals surface area (Å²) in [6.07, 6.45) is -4.84. The van der Waals surface area contributed by atoms with Crippen LogP contribution in [0.25, 0.3) is 0 Å². The Hall–Kier alpha value is -2.91. The van der Waals surface area contributed by atoms with E-state index >= 15 is 0 Å². The number of anilines is 2. The lowest BCUT2D eigenvalue weighted by Crippen LogP contribution is -2.35. The van der Waals surface area contributed by atoms with Crippen molar-refractivity contribution in [3.8, 4) is 5.75 Å². The van der Waals surface area contributed by atoms with Gasteiger partial charge in [0.1, 0.15) is 11.6 Å². The van der Waals surface area contributed by atoms with Crippen LogP contribution in [0.15, 0.2) is 48.5 Å². The third kappa shape index (κ3) is 4.63. The molecular formula is C21H17Cl2F3N4O2. The van der Waals surface area contributed by atoms with Crippen LogP contribution in [0.2, 0.25) is 10.0 Å². The predicted molar refractivity (Wildman–Crippen MR) is 116 cm³/mol. The first kappa shape index (κ1) is 22.3. The number of halogens is 5. The smallest absolute Gasteiger partial charge is 0.410 e. The number of methoxy groups -OCH3 is 1. The normalized spacial score (nSPS) is 17.9. The molecular weight excluding hydrogens is 468 g/mol. The zero-order valence-corrected chi connectivity index (χ0v) is 18.1. The van der Waals surface area contributed by atoms with Gasteiger partial charge in [-0.1, -0.05) is 35.3 Å². The largest absolute Gasteiger partial charge is 0.497 e. The summed E-state index contributed by atoms with van der Waals surface area (Å²) in [6, 6.07) is 9.96. The number of ether oxygens (including phenoxy) is 1. The number of fused-ring (bicyclic) bond motifs is 1. The average Bonchev–Trinajstić information content (AvgIpc) is 3.16. The molecule has 168 valence electrons. The van der Waals surface area contributed by atoms with Crippen molar-refractivity contribution in [2.24, 2.45) is 0 Å². The van der Waals surface area contributed by atoms with Crippen LogP contribution in [-0.4, -0.2) is 29.0 Å². The minimum atomic E-state index is -4.55. The van der Waals surface area contributed by atoms with Gasteiger partial charge in [-0.15, -0.1) is 0 Å². The lowest BCUT2D eigenvalue weighted by molar-refractivity contribution is -0.173. The number of hydrogen-bond acceptors (Lipinski definition) is 4. The summed E-state index contributed by atoms with van der Waals surface area (Å²) in [5, 5.41) is 10.1. The third-order valence-electron chi connectivity index (χ3n) is 5.06. The number of carbonyl (C=O) groups excluding carboxylic acids is 1. The van der Waals surface area contributed by atoms with Crippen LogP contribution in [0.4, 0.5) is 24.7 Å². The molecule has 32 heavy (non-hydrogen) atoms. The number of hydrogen-bond donors (Lipinski definition) is 2. The molecule has 0 saturated heterocycles. The van der Waals surface area contributed by atoms with E-state index in [9.17, 15) is 18.0 Å². The number of nitrogens with one attached hydrogen (secondary N) is 2. The van der Waals surface area contributed by atoms with Gasteiger partial charge in [-0.05, 0) is 35.9 Å². The van der Waals surface area contributed by atoms with E-state index in [1.54, 1.807) is 24.3 Å². The molecule has 0 unspecified atom stereocenters. The number of carbonyl (C=O) groups is 1. The van der Waals surface area contributed by atoms with E-state index in [4.69, 9.17) is 27.9 Å². The van der Waals surface area contributed by atoms with Crippen LogP contribution in [0, 0.1) is 0 Å². The minimum absolute atomic E-state index is 0.0914. The molecule has 0 saturated carbocycles. The van der Waals surface area contributed by atoms with Crippen LogP contribution in [0.3, 0.4) is 0 Å². The second kappa shape index (κ2) is 8.55. The fourth-order valence-corrected chi connectivity index (χ4v) is 4.09. The lowest BCUT2D eigenvalue weighted by atomic mass is 9.97. The monoisotopic (exact) mass is 484 g/mol. The molecule has 0 fully saturated rings. The standard InChI is InChI=1S/C21H17Cl2F3N4O2/c1-32-15-4-2-11(3-5-15)16-9-18(21(24,25)26)30-19(28-16)10-17(29-30)20(31)27-14-7-12(22)6-13(23)8-14/h2-8,10,16,18,28H,9H2,1H3,(H,27,31)/t16-,18-/m0/s1. The zero-order chi connectivity index (χ0) is 23.0. The maximum Gasteiger partial charge on any atom is 0.410 e. The van der Waals surface area contributed by atoms with E-state index in [1.165, 1.54) is 31.4 Å². The summed E-state index contributed by atoms with van der Waals surface area (Å²) in [7, 11) is 1.51. The van der Waals surface area contributed by atoms with Crippen molar-refractivity contribution in [3.63, 3.8) is 0 Å². The van der Waals surface area contributed by atoms with Gasteiger partial charge in [0.25, 0.3) is 5.91 Å². The number of aromatic nitrogens is 2. The molecule has 0 spiro atoms. The molecule has 0 bridgehead atoms. The second-order valence-electron chi connectivity index (χ2n) is 7.23. The number of nitrogens with zero attached hydrogens (tertiary/aromatic N) is 2. The van der Waals surface area contributed by atoms with Crippen molar-refractivity contribution < 1.29 is 22.7 Å². The Morgan fingerprint density at radius 2 is 1.81 bits per heavy atom. The summed E-state index contributed by atoms with van der Waals surface area (Å²) in [6.45, 7) is 0. The van der Waals surface area contributed by atoms with Gasteiger partial charge in [-0.25, -0.2) is 4.68 Å². The van der Waals surface area contributed by atoms with E-state index in [2.05, 4.69) is 15.7 Å². The number of rotatable bonds is 4. The molecule has 4 rings (SSSR count). The second-order valence-corrected chi connectivity index (χ2v) is 8.11. The van der Waals surface area contributed by atoms with Crippen molar-refractivity contribution in [2.45, 2.75) is 24.7 Å². The van der Waals surface area contributed by atoms with Crippen LogP contribution in [0.5, 0.6) is 5.75 Å². The van der Waals surface area contributed by atoms with Crippen molar-refractivity contribution >= 4 is 40.6 Å². The van der Waals surface area contributed by atoms with Gasteiger partial charge in [0, 0.05) is 28.2 Å². The molecule has 1 aliphatic rings. The van der Waals surface area contributed by atoms with E-state index < -0.39 is 24.2 Å². The van der Waals surface area contributed by atoms with Crippen molar-refractivity contribution in [1.82, 2.24) is 9.78 Å². The molecule has 6 nitrogen and oxygen atoms in total. The first-order chi connectivity index (χ1) is 15.1.